The van der Waals surface area contributed by atoms with E-state index in [2.05, 4.69) is 6.92 Å². The first-order chi connectivity index (χ1) is 11.7. The fourth-order valence-corrected chi connectivity index (χ4v) is 5.13. The van der Waals surface area contributed by atoms with E-state index in [9.17, 15) is 8.78 Å². The van der Waals surface area contributed by atoms with Gasteiger partial charge in [0.15, 0.2) is 11.6 Å². The third-order valence-corrected chi connectivity index (χ3v) is 6.71. The van der Waals surface area contributed by atoms with Gasteiger partial charge in [0, 0.05) is 0 Å². The molecule has 2 heteroatoms. The van der Waals surface area contributed by atoms with Gasteiger partial charge in [-0.25, -0.2) is 8.78 Å². The predicted octanol–water partition coefficient (Wildman–Crippen LogP) is 7.24. The lowest BCUT2D eigenvalue weighted by Gasteiger charge is -2.38. The van der Waals surface area contributed by atoms with Crippen LogP contribution in [0.2, 0.25) is 0 Å². The van der Waals surface area contributed by atoms with E-state index in [1.54, 1.807) is 6.07 Å². The van der Waals surface area contributed by atoms with Gasteiger partial charge in [-0.05, 0) is 79.9 Å². The van der Waals surface area contributed by atoms with E-state index < -0.39 is 11.6 Å². The van der Waals surface area contributed by atoms with Crippen molar-refractivity contribution in [2.45, 2.75) is 83.5 Å². The van der Waals surface area contributed by atoms with Gasteiger partial charge in [-0.2, -0.15) is 0 Å². The zero-order valence-electron chi connectivity index (χ0n) is 15.1. The lowest BCUT2D eigenvalue weighted by atomic mass is 9.68. The summed E-state index contributed by atoms with van der Waals surface area (Å²) < 4.78 is 26.6. The smallest absolute Gasteiger partial charge is 0.159 e. The van der Waals surface area contributed by atoms with Gasteiger partial charge < -0.3 is 0 Å². The number of rotatable bonds is 5. The number of halogens is 2. The van der Waals surface area contributed by atoms with Crippen LogP contribution in [0.3, 0.4) is 0 Å². The number of benzene rings is 1. The fourth-order valence-electron chi connectivity index (χ4n) is 5.13. The molecule has 0 bridgehead atoms. The highest BCUT2D eigenvalue weighted by molar-refractivity contribution is 5.22. The largest absolute Gasteiger partial charge is 0.204 e. The minimum atomic E-state index is -0.729. The monoisotopic (exact) mass is 334 g/mol. The Morgan fingerprint density at radius 1 is 0.833 bits per heavy atom. The van der Waals surface area contributed by atoms with Crippen molar-refractivity contribution in [1.29, 1.82) is 0 Å². The Labute approximate surface area is 146 Å². The van der Waals surface area contributed by atoms with E-state index in [0.717, 1.165) is 36.2 Å². The van der Waals surface area contributed by atoms with E-state index in [-0.39, 0.29) is 0 Å². The summed E-state index contributed by atoms with van der Waals surface area (Å²) in [7, 11) is 0. The molecule has 2 saturated carbocycles. The second kappa shape index (κ2) is 8.45. The molecule has 0 spiro atoms. The van der Waals surface area contributed by atoms with Crippen molar-refractivity contribution < 1.29 is 8.78 Å². The summed E-state index contributed by atoms with van der Waals surface area (Å²) in [6.07, 6.45) is 14.7. The number of unbranched alkanes of at least 4 members (excludes halogenated alkanes) is 1. The summed E-state index contributed by atoms with van der Waals surface area (Å²) in [6.45, 7) is 2.29. The first kappa shape index (κ1) is 17.9. The van der Waals surface area contributed by atoms with Gasteiger partial charge >= 0.3 is 0 Å². The van der Waals surface area contributed by atoms with Crippen molar-refractivity contribution in [3.05, 3.63) is 35.4 Å². The SMILES string of the molecule is CCCC[C@H]1CC[C@H]([C@H]2CC[C@H](c3ccc(F)c(F)c3)CC2)CC1. The maximum absolute atomic E-state index is 13.5. The maximum atomic E-state index is 13.5. The van der Waals surface area contributed by atoms with E-state index >= 15 is 0 Å². The van der Waals surface area contributed by atoms with Crippen LogP contribution in [0.25, 0.3) is 0 Å². The van der Waals surface area contributed by atoms with Crippen molar-refractivity contribution in [3.63, 3.8) is 0 Å². The van der Waals surface area contributed by atoms with E-state index in [1.807, 2.05) is 0 Å². The third kappa shape index (κ3) is 4.37. The molecule has 24 heavy (non-hydrogen) atoms. The van der Waals surface area contributed by atoms with Crippen LogP contribution in [-0.4, -0.2) is 0 Å². The van der Waals surface area contributed by atoms with E-state index in [1.165, 1.54) is 69.9 Å². The van der Waals surface area contributed by atoms with Crippen molar-refractivity contribution >= 4 is 0 Å². The molecule has 1 aromatic carbocycles. The molecule has 0 heterocycles. The highest BCUT2D eigenvalue weighted by Crippen LogP contribution is 2.44. The van der Waals surface area contributed by atoms with Gasteiger partial charge in [0.25, 0.3) is 0 Å². The molecule has 0 aliphatic heterocycles. The highest BCUT2D eigenvalue weighted by atomic mass is 19.2. The molecule has 134 valence electrons. The summed E-state index contributed by atoms with van der Waals surface area (Å²) in [6, 6.07) is 4.48. The Morgan fingerprint density at radius 3 is 2.04 bits per heavy atom. The fraction of sp³-hybridized carbons (Fsp3) is 0.727. The Morgan fingerprint density at radius 2 is 1.46 bits per heavy atom. The molecule has 0 nitrogen and oxygen atoms in total. The van der Waals surface area contributed by atoms with Crippen LogP contribution in [0.5, 0.6) is 0 Å². The second-order valence-electron chi connectivity index (χ2n) is 8.21. The summed E-state index contributed by atoms with van der Waals surface area (Å²) in [5.74, 6) is 1.79. The maximum Gasteiger partial charge on any atom is 0.159 e. The summed E-state index contributed by atoms with van der Waals surface area (Å²) in [4.78, 5) is 0. The molecular formula is C22H32F2. The molecule has 2 aliphatic carbocycles. The van der Waals surface area contributed by atoms with Gasteiger partial charge in [-0.1, -0.05) is 45.1 Å². The van der Waals surface area contributed by atoms with E-state index in [4.69, 9.17) is 0 Å². The number of hydrogen-bond donors (Lipinski definition) is 0. The van der Waals surface area contributed by atoms with Gasteiger partial charge in [-0.3, -0.25) is 0 Å². The first-order valence-corrected chi connectivity index (χ1v) is 10.1. The molecule has 0 N–H and O–H groups in total. The summed E-state index contributed by atoms with van der Waals surface area (Å²) >= 11 is 0. The molecule has 2 aliphatic rings. The Kier molecular flexibility index (Phi) is 6.30. The molecule has 0 amide bonds. The molecule has 2 fully saturated rings. The molecule has 0 saturated heterocycles. The predicted molar refractivity (Wildman–Crippen MR) is 96.0 cm³/mol. The lowest BCUT2D eigenvalue weighted by molar-refractivity contribution is 0.156. The van der Waals surface area contributed by atoms with Crippen LogP contribution >= 0.6 is 0 Å². The van der Waals surface area contributed by atoms with Crippen molar-refractivity contribution in [3.8, 4) is 0 Å². The van der Waals surface area contributed by atoms with Gasteiger partial charge in [0.1, 0.15) is 0 Å². The van der Waals surface area contributed by atoms with Crippen molar-refractivity contribution in [1.82, 2.24) is 0 Å². The van der Waals surface area contributed by atoms with Crippen LogP contribution in [0.4, 0.5) is 8.78 Å². The molecule has 1 aromatic rings. The highest BCUT2D eigenvalue weighted by Gasteiger charge is 2.31. The normalized spacial score (nSPS) is 31.1. The van der Waals surface area contributed by atoms with Crippen LogP contribution in [0.1, 0.15) is 89.0 Å². The van der Waals surface area contributed by atoms with Crippen LogP contribution in [0, 0.1) is 29.4 Å². The standard InChI is InChI=1S/C22H32F2/c1-2-3-4-16-5-7-17(8-6-16)18-9-11-19(12-10-18)20-13-14-21(23)22(24)15-20/h13-19H,2-12H2,1H3/t16-,17-,18-,19-. The quantitative estimate of drug-likeness (QED) is 0.532. The van der Waals surface area contributed by atoms with Gasteiger partial charge in [-0.15, -0.1) is 0 Å². The lowest BCUT2D eigenvalue weighted by Crippen LogP contribution is -2.25. The van der Waals surface area contributed by atoms with Gasteiger partial charge in [0.2, 0.25) is 0 Å². The van der Waals surface area contributed by atoms with E-state index in [0.29, 0.717) is 5.92 Å². The van der Waals surface area contributed by atoms with Crippen LogP contribution in [-0.2, 0) is 0 Å². The number of hydrogen-bond acceptors (Lipinski definition) is 0. The Hall–Kier alpha value is -0.920. The Balaban J connectivity index is 1.46. The summed E-state index contributed by atoms with van der Waals surface area (Å²) in [5.41, 5.74) is 0.996. The second-order valence-corrected chi connectivity index (χ2v) is 8.21. The average molecular weight is 334 g/mol. The molecule has 3 rings (SSSR count). The van der Waals surface area contributed by atoms with Crippen LogP contribution in [0.15, 0.2) is 18.2 Å². The minimum absolute atomic E-state index is 0.428. The van der Waals surface area contributed by atoms with Crippen LogP contribution < -0.4 is 0 Å². The molecule has 0 atom stereocenters. The van der Waals surface area contributed by atoms with Crippen molar-refractivity contribution in [2.24, 2.45) is 17.8 Å². The first-order valence-electron chi connectivity index (χ1n) is 10.1. The minimum Gasteiger partial charge on any atom is -0.204 e. The molecule has 0 radical (unpaired) electrons. The average Bonchev–Trinajstić information content (AvgIpc) is 2.63. The zero-order chi connectivity index (χ0) is 16.9. The van der Waals surface area contributed by atoms with Gasteiger partial charge in [0.05, 0.1) is 0 Å². The summed E-state index contributed by atoms with van der Waals surface area (Å²) in [5, 5.41) is 0. The zero-order valence-corrected chi connectivity index (χ0v) is 15.1. The third-order valence-electron chi connectivity index (χ3n) is 6.71. The molecule has 0 unspecified atom stereocenters. The van der Waals surface area contributed by atoms with Crippen molar-refractivity contribution in [2.75, 3.05) is 0 Å². The Bertz CT molecular complexity index is 509. The molecular weight excluding hydrogens is 302 g/mol. The topological polar surface area (TPSA) is 0 Å². The molecule has 0 aromatic heterocycles.